The molecule has 1 aromatic rings. The molecule has 0 aliphatic heterocycles. The van der Waals surface area contributed by atoms with Gasteiger partial charge in [0.15, 0.2) is 0 Å². The predicted octanol–water partition coefficient (Wildman–Crippen LogP) is 2.44. The van der Waals surface area contributed by atoms with Gasteiger partial charge in [0, 0.05) is 6.42 Å². The minimum atomic E-state index is -2.72. The Hall–Kier alpha value is -0.960. The van der Waals surface area contributed by atoms with Crippen LogP contribution in [0.1, 0.15) is 24.5 Å². The van der Waals surface area contributed by atoms with Crippen molar-refractivity contribution in [2.45, 2.75) is 31.2 Å². The lowest BCUT2D eigenvalue weighted by Gasteiger charge is -2.11. The largest absolute Gasteiger partial charge is 0.316 e. The third kappa shape index (κ3) is 1.23. The average molecular weight is 197 g/mol. The maximum Gasteiger partial charge on any atom is 0.272 e. The lowest BCUT2D eigenvalue weighted by molar-refractivity contribution is 0.0891. The van der Waals surface area contributed by atoms with Gasteiger partial charge in [-0.2, -0.15) is 0 Å². The highest BCUT2D eigenvalue weighted by molar-refractivity contribution is 5.38. The molecular formula is C11H13F2N. The Balaban J connectivity index is 2.34. The van der Waals surface area contributed by atoms with Crippen molar-refractivity contribution in [1.29, 1.82) is 0 Å². The maximum atomic E-state index is 13.0. The van der Waals surface area contributed by atoms with Gasteiger partial charge in [-0.15, -0.1) is 0 Å². The van der Waals surface area contributed by atoms with Crippen molar-refractivity contribution in [2.24, 2.45) is 5.73 Å². The summed E-state index contributed by atoms with van der Waals surface area (Å²) in [6, 6.07) is 7.17. The van der Waals surface area contributed by atoms with Gasteiger partial charge in [0.05, 0.1) is 0 Å². The minimum Gasteiger partial charge on any atom is -0.316 e. The van der Waals surface area contributed by atoms with Gasteiger partial charge >= 0.3 is 0 Å². The molecule has 1 nitrogen and oxygen atoms in total. The van der Waals surface area contributed by atoms with E-state index in [1.165, 1.54) is 0 Å². The number of alkyl halides is 2. The minimum absolute atomic E-state index is 0.229. The summed E-state index contributed by atoms with van der Waals surface area (Å²) in [4.78, 5) is 0. The van der Waals surface area contributed by atoms with E-state index in [-0.39, 0.29) is 6.42 Å². The van der Waals surface area contributed by atoms with Gasteiger partial charge in [-0.05, 0) is 17.5 Å². The fourth-order valence-electron chi connectivity index (χ4n) is 1.69. The Labute approximate surface area is 81.9 Å². The number of halogens is 2. The molecule has 0 heterocycles. The molecule has 1 fully saturated rings. The highest BCUT2D eigenvalue weighted by Gasteiger charge is 2.69. The van der Waals surface area contributed by atoms with E-state index in [4.69, 9.17) is 5.73 Å². The van der Waals surface area contributed by atoms with Crippen molar-refractivity contribution in [3.63, 3.8) is 0 Å². The molecule has 1 aliphatic carbocycles. The third-order valence-electron chi connectivity index (χ3n) is 2.88. The summed E-state index contributed by atoms with van der Waals surface area (Å²) in [5, 5.41) is 0. The molecule has 2 N–H and O–H groups in total. The van der Waals surface area contributed by atoms with Crippen LogP contribution in [0.4, 0.5) is 8.78 Å². The van der Waals surface area contributed by atoms with Gasteiger partial charge in [-0.3, -0.25) is 0 Å². The molecule has 0 spiro atoms. The molecule has 0 amide bonds. The molecule has 1 aliphatic rings. The van der Waals surface area contributed by atoms with Gasteiger partial charge < -0.3 is 5.73 Å². The predicted molar refractivity (Wildman–Crippen MR) is 51.2 cm³/mol. The normalized spacial score (nSPS) is 28.9. The van der Waals surface area contributed by atoms with Crippen molar-refractivity contribution < 1.29 is 8.78 Å². The second-order valence-corrected chi connectivity index (χ2v) is 3.91. The van der Waals surface area contributed by atoms with E-state index >= 15 is 0 Å². The summed E-state index contributed by atoms with van der Waals surface area (Å²) >= 11 is 0. The molecular weight excluding hydrogens is 184 g/mol. The van der Waals surface area contributed by atoms with Crippen LogP contribution in [-0.4, -0.2) is 5.92 Å². The Morgan fingerprint density at radius 1 is 1.43 bits per heavy atom. The standard InChI is InChI=1S/C11H13F2N/c1-2-8-4-3-5-9(6-8)10(14)7-11(10,12)13/h3-6H,2,7,14H2,1H3. The van der Waals surface area contributed by atoms with Crippen molar-refractivity contribution in [2.75, 3.05) is 0 Å². The molecule has 0 saturated heterocycles. The smallest absolute Gasteiger partial charge is 0.272 e. The Morgan fingerprint density at radius 2 is 2.07 bits per heavy atom. The van der Waals surface area contributed by atoms with Crippen LogP contribution in [0.25, 0.3) is 0 Å². The van der Waals surface area contributed by atoms with Gasteiger partial charge in [0.1, 0.15) is 5.54 Å². The Morgan fingerprint density at radius 3 is 2.57 bits per heavy atom. The van der Waals surface area contributed by atoms with E-state index in [9.17, 15) is 8.78 Å². The monoisotopic (exact) mass is 197 g/mol. The van der Waals surface area contributed by atoms with E-state index in [2.05, 4.69) is 0 Å². The van der Waals surface area contributed by atoms with E-state index in [1.54, 1.807) is 18.2 Å². The highest BCUT2D eigenvalue weighted by atomic mass is 19.3. The molecule has 14 heavy (non-hydrogen) atoms. The summed E-state index contributed by atoms with van der Waals surface area (Å²) in [6.07, 6.45) is 0.614. The van der Waals surface area contributed by atoms with Gasteiger partial charge in [0.25, 0.3) is 5.92 Å². The maximum absolute atomic E-state index is 13.0. The van der Waals surface area contributed by atoms with Crippen LogP contribution < -0.4 is 5.73 Å². The van der Waals surface area contributed by atoms with Crippen molar-refractivity contribution >= 4 is 0 Å². The second kappa shape index (κ2) is 2.76. The number of hydrogen-bond acceptors (Lipinski definition) is 1. The number of nitrogens with two attached hydrogens (primary N) is 1. The average Bonchev–Trinajstić information content (AvgIpc) is 2.68. The van der Waals surface area contributed by atoms with Crippen LogP contribution in [0.2, 0.25) is 0 Å². The van der Waals surface area contributed by atoms with Gasteiger partial charge in [-0.25, -0.2) is 8.78 Å². The molecule has 76 valence electrons. The summed E-state index contributed by atoms with van der Waals surface area (Å²) in [6.45, 7) is 1.99. The van der Waals surface area contributed by atoms with E-state index in [1.807, 2.05) is 13.0 Å². The first-order chi connectivity index (χ1) is 6.49. The van der Waals surface area contributed by atoms with Crippen LogP contribution in [0.15, 0.2) is 24.3 Å². The van der Waals surface area contributed by atoms with Crippen LogP contribution in [0.5, 0.6) is 0 Å². The first-order valence-electron chi connectivity index (χ1n) is 4.76. The molecule has 0 radical (unpaired) electrons. The fraction of sp³-hybridized carbons (Fsp3) is 0.455. The molecule has 0 bridgehead atoms. The number of aryl methyl sites for hydroxylation is 1. The lowest BCUT2D eigenvalue weighted by atomic mass is 10.0. The van der Waals surface area contributed by atoms with Gasteiger partial charge in [-0.1, -0.05) is 31.2 Å². The molecule has 1 saturated carbocycles. The molecule has 1 atom stereocenters. The molecule has 0 aromatic heterocycles. The summed E-state index contributed by atoms with van der Waals surface area (Å²) in [7, 11) is 0. The highest BCUT2D eigenvalue weighted by Crippen LogP contribution is 2.57. The number of hydrogen-bond donors (Lipinski definition) is 1. The van der Waals surface area contributed by atoms with E-state index < -0.39 is 11.5 Å². The van der Waals surface area contributed by atoms with E-state index in [0.29, 0.717) is 5.56 Å². The van der Waals surface area contributed by atoms with Crippen molar-refractivity contribution in [1.82, 2.24) is 0 Å². The van der Waals surface area contributed by atoms with Gasteiger partial charge in [0.2, 0.25) is 0 Å². The number of benzene rings is 1. The molecule has 2 rings (SSSR count). The van der Waals surface area contributed by atoms with Crippen molar-refractivity contribution in [3.05, 3.63) is 35.4 Å². The summed E-state index contributed by atoms with van der Waals surface area (Å²) in [5.41, 5.74) is 5.82. The van der Waals surface area contributed by atoms with Crippen LogP contribution >= 0.6 is 0 Å². The molecule has 1 unspecified atom stereocenters. The topological polar surface area (TPSA) is 26.0 Å². The zero-order chi connectivity index (χ0) is 10.4. The SMILES string of the molecule is CCc1cccc(C2(N)CC2(F)F)c1. The summed E-state index contributed by atoms with van der Waals surface area (Å²) in [5.74, 6) is -2.72. The first-order valence-corrected chi connectivity index (χ1v) is 4.76. The van der Waals surface area contributed by atoms with Crippen molar-refractivity contribution in [3.8, 4) is 0 Å². The van der Waals surface area contributed by atoms with Crippen LogP contribution in [0, 0.1) is 0 Å². The Bertz CT molecular complexity index is 362. The third-order valence-corrected chi connectivity index (χ3v) is 2.88. The quantitative estimate of drug-likeness (QED) is 0.774. The molecule has 1 aromatic carbocycles. The zero-order valence-electron chi connectivity index (χ0n) is 8.06. The molecule has 3 heteroatoms. The Kier molecular flexibility index (Phi) is 1.89. The zero-order valence-corrected chi connectivity index (χ0v) is 8.06. The lowest BCUT2D eigenvalue weighted by Crippen LogP contribution is -2.27. The summed E-state index contributed by atoms with van der Waals surface area (Å²) < 4.78 is 26.0. The second-order valence-electron chi connectivity index (χ2n) is 3.91. The van der Waals surface area contributed by atoms with E-state index in [0.717, 1.165) is 12.0 Å². The first kappa shape index (κ1) is 9.59. The van der Waals surface area contributed by atoms with Crippen LogP contribution in [0.3, 0.4) is 0 Å². The number of rotatable bonds is 2. The van der Waals surface area contributed by atoms with Crippen LogP contribution in [-0.2, 0) is 12.0 Å². The fourth-order valence-corrected chi connectivity index (χ4v) is 1.69.